The van der Waals surface area contributed by atoms with Gasteiger partial charge in [0.25, 0.3) is 12.3 Å². The van der Waals surface area contributed by atoms with Crippen LogP contribution in [0, 0.1) is 0 Å². The number of alkyl halides is 2. The quantitative estimate of drug-likeness (QED) is 0.854. The van der Waals surface area contributed by atoms with Crippen LogP contribution >= 0.6 is 0 Å². The maximum Gasteiger partial charge on any atom is 0.339 e. The molecule has 0 atom stereocenters. The van der Waals surface area contributed by atoms with Crippen molar-refractivity contribution in [2.24, 2.45) is 0 Å². The van der Waals surface area contributed by atoms with Crippen molar-refractivity contribution in [1.82, 2.24) is 5.32 Å². The van der Waals surface area contributed by atoms with E-state index in [4.69, 9.17) is 9.52 Å². The molecule has 1 amide bonds. The Morgan fingerprint density at radius 1 is 1.26 bits per heavy atom. The Morgan fingerprint density at radius 3 is 2.39 bits per heavy atom. The fourth-order valence-corrected chi connectivity index (χ4v) is 2.03. The lowest BCUT2D eigenvalue weighted by molar-refractivity contribution is 0.0694. The van der Waals surface area contributed by atoms with Gasteiger partial charge in [-0.2, -0.15) is 0 Å². The molecule has 0 saturated heterocycles. The molecule has 5 nitrogen and oxygen atoms in total. The Bertz CT molecular complexity index is 707. The van der Waals surface area contributed by atoms with Crippen molar-refractivity contribution < 1.29 is 27.9 Å². The standard InChI is InChI=1S/C16H15F2NO4/c1-2-12-11(16(21)22)7-13(23-12)15(20)19-8-9-3-5-10(6-4-9)14(17)18/h3-7,14H,2,8H2,1H3,(H,19,20)(H,21,22). The maximum absolute atomic E-state index is 12.4. The summed E-state index contributed by atoms with van der Waals surface area (Å²) >= 11 is 0. The molecule has 0 aliphatic carbocycles. The molecular formula is C16H15F2NO4. The fourth-order valence-electron chi connectivity index (χ4n) is 2.03. The minimum atomic E-state index is -2.54. The summed E-state index contributed by atoms with van der Waals surface area (Å²) in [6.45, 7) is 1.84. The Balaban J connectivity index is 2.03. The van der Waals surface area contributed by atoms with E-state index in [1.54, 1.807) is 6.92 Å². The van der Waals surface area contributed by atoms with Gasteiger partial charge < -0.3 is 14.8 Å². The Hall–Kier alpha value is -2.70. The first-order valence-electron chi connectivity index (χ1n) is 6.93. The molecule has 0 spiro atoms. The number of amides is 1. The van der Waals surface area contributed by atoms with Gasteiger partial charge in [-0.3, -0.25) is 4.79 Å². The highest BCUT2D eigenvalue weighted by Gasteiger charge is 2.19. The van der Waals surface area contributed by atoms with Crippen LogP contribution in [0.4, 0.5) is 8.78 Å². The van der Waals surface area contributed by atoms with Crippen LogP contribution < -0.4 is 5.32 Å². The van der Waals surface area contributed by atoms with E-state index in [2.05, 4.69) is 5.32 Å². The van der Waals surface area contributed by atoms with Crippen LogP contribution in [0.1, 0.15) is 51.1 Å². The van der Waals surface area contributed by atoms with E-state index in [1.807, 2.05) is 0 Å². The number of hydrogen-bond acceptors (Lipinski definition) is 3. The lowest BCUT2D eigenvalue weighted by Crippen LogP contribution is -2.22. The summed E-state index contributed by atoms with van der Waals surface area (Å²) in [4.78, 5) is 23.0. The lowest BCUT2D eigenvalue weighted by Gasteiger charge is -2.05. The highest BCUT2D eigenvalue weighted by molar-refractivity contribution is 5.96. The number of hydrogen-bond donors (Lipinski definition) is 2. The second kappa shape index (κ2) is 7.04. The monoisotopic (exact) mass is 323 g/mol. The van der Waals surface area contributed by atoms with Crippen molar-refractivity contribution in [2.75, 3.05) is 0 Å². The first kappa shape index (κ1) is 16.7. The summed E-state index contributed by atoms with van der Waals surface area (Å²) in [6, 6.07) is 6.73. The van der Waals surface area contributed by atoms with Gasteiger partial charge in [-0.05, 0) is 5.56 Å². The highest BCUT2D eigenvalue weighted by atomic mass is 19.3. The largest absolute Gasteiger partial charge is 0.478 e. The molecule has 0 bridgehead atoms. The molecule has 7 heteroatoms. The van der Waals surface area contributed by atoms with Gasteiger partial charge in [-0.15, -0.1) is 0 Å². The van der Waals surface area contributed by atoms with Gasteiger partial charge in [0.2, 0.25) is 0 Å². The molecular weight excluding hydrogens is 308 g/mol. The number of aromatic carboxylic acids is 1. The minimum Gasteiger partial charge on any atom is -0.478 e. The van der Waals surface area contributed by atoms with Crippen molar-refractivity contribution in [1.29, 1.82) is 0 Å². The number of carboxylic acids is 1. The van der Waals surface area contributed by atoms with E-state index >= 15 is 0 Å². The van der Waals surface area contributed by atoms with Crippen LogP contribution in [0.3, 0.4) is 0 Å². The summed E-state index contributed by atoms with van der Waals surface area (Å²) in [7, 11) is 0. The van der Waals surface area contributed by atoms with E-state index in [-0.39, 0.29) is 29.2 Å². The molecule has 1 aromatic carbocycles. The number of furan rings is 1. The van der Waals surface area contributed by atoms with Gasteiger partial charge in [0.15, 0.2) is 5.76 Å². The number of carbonyl (C=O) groups is 2. The maximum atomic E-state index is 12.4. The molecule has 0 aliphatic heterocycles. The average Bonchev–Trinajstić information content (AvgIpc) is 2.97. The zero-order valence-corrected chi connectivity index (χ0v) is 12.3. The van der Waals surface area contributed by atoms with Crippen molar-refractivity contribution in [3.05, 3.63) is 58.5 Å². The van der Waals surface area contributed by atoms with Crippen LogP contribution in [0.2, 0.25) is 0 Å². The Kier molecular flexibility index (Phi) is 5.10. The third-order valence-corrected chi connectivity index (χ3v) is 3.27. The van der Waals surface area contributed by atoms with Crippen LogP contribution in [-0.4, -0.2) is 17.0 Å². The molecule has 2 rings (SSSR count). The van der Waals surface area contributed by atoms with E-state index in [0.717, 1.165) is 0 Å². The van der Waals surface area contributed by atoms with E-state index in [1.165, 1.54) is 30.3 Å². The second-order valence-corrected chi connectivity index (χ2v) is 4.83. The van der Waals surface area contributed by atoms with Gasteiger partial charge in [-0.1, -0.05) is 31.2 Å². The van der Waals surface area contributed by atoms with E-state index in [9.17, 15) is 18.4 Å². The Morgan fingerprint density at radius 2 is 1.91 bits per heavy atom. The third kappa shape index (κ3) is 3.94. The van der Waals surface area contributed by atoms with Crippen molar-refractivity contribution >= 4 is 11.9 Å². The molecule has 0 radical (unpaired) electrons. The van der Waals surface area contributed by atoms with E-state index < -0.39 is 18.3 Å². The molecule has 2 N–H and O–H groups in total. The lowest BCUT2D eigenvalue weighted by atomic mass is 10.1. The zero-order valence-electron chi connectivity index (χ0n) is 12.3. The number of carbonyl (C=O) groups excluding carboxylic acids is 1. The predicted octanol–water partition coefficient (Wildman–Crippen LogP) is 3.41. The number of aryl methyl sites for hydroxylation is 1. The number of carboxylic acid groups (broad SMARTS) is 1. The van der Waals surface area contributed by atoms with Gasteiger partial charge in [0.05, 0.1) is 0 Å². The number of nitrogens with one attached hydrogen (secondary N) is 1. The molecule has 0 unspecified atom stereocenters. The number of halogens is 2. The summed E-state index contributed by atoms with van der Waals surface area (Å²) < 4.78 is 30.1. The molecule has 0 aliphatic rings. The average molecular weight is 323 g/mol. The molecule has 2 aromatic rings. The molecule has 1 heterocycles. The molecule has 122 valence electrons. The van der Waals surface area contributed by atoms with Gasteiger partial charge >= 0.3 is 5.97 Å². The summed E-state index contributed by atoms with van der Waals surface area (Å²) in [5, 5.41) is 11.6. The smallest absolute Gasteiger partial charge is 0.339 e. The van der Waals surface area contributed by atoms with E-state index in [0.29, 0.717) is 12.0 Å². The normalized spacial score (nSPS) is 10.8. The highest BCUT2D eigenvalue weighted by Crippen LogP contribution is 2.19. The SMILES string of the molecule is CCc1oc(C(=O)NCc2ccc(C(F)F)cc2)cc1C(=O)O. The van der Waals surface area contributed by atoms with Crippen molar-refractivity contribution in [3.63, 3.8) is 0 Å². The van der Waals surface area contributed by atoms with Gasteiger partial charge in [-0.25, -0.2) is 13.6 Å². The third-order valence-electron chi connectivity index (χ3n) is 3.27. The second-order valence-electron chi connectivity index (χ2n) is 4.83. The van der Waals surface area contributed by atoms with Crippen LogP contribution in [0.25, 0.3) is 0 Å². The first-order chi connectivity index (χ1) is 10.9. The summed E-state index contributed by atoms with van der Waals surface area (Å²) in [5.74, 6) is -1.59. The zero-order chi connectivity index (χ0) is 17.0. The van der Waals surface area contributed by atoms with Crippen LogP contribution in [0.5, 0.6) is 0 Å². The first-order valence-corrected chi connectivity index (χ1v) is 6.93. The molecule has 23 heavy (non-hydrogen) atoms. The number of rotatable bonds is 6. The van der Waals surface area contributed by atoms with Gasteiger partial charge in [0, 0.05) is 24.6 Å². The van der Waals surface area contributed by atoms with Crippen molar-refractivity contribution in [2.45, 2.75) is 26.3 Å². The summed E-state index contributed by atoms with van der Waals surface area (Å²) in [6.07, 6.45) is -2.19. The fraction of sp³-hybridized carbons (Fsp3) is 0.250. The van der Waals surface area contributed by atoms with Crippen LogP contribution in [-0.2, 0) is 13.0 Å². The Labute approximate surface area is 130 Å². The predicted molar refractivity (Wildman–Crippen MR) is 77.6 cm³/mol. The molecule has 0 saturated carbocycles. The van der Waals surface area contributed by atoms with Gasteiger partial charge in [0.1, 0.15) is 11.3 Å². The minimum absolute atomic E-state index is 0.0427. The summed E-state index contributed by atoms with van der Waals surface area (Å²) in [5.41, 5.74) is 0.507. The molecule has 1 aromatic heterocycles. The number of benzene rings is 1. The van der Waals surface area contributed by atoms with Crippen molar-refractivity contribution in [3.8, 4) is 0 Å². The molecule has 0 fully saturated rings. The van der Waals surface area contributed by atoms with Crippen LogP contribution in [0.15, 0.2) is 34.7 Å². The topological polar surface area (TPSA) is 79.5 Å².